The van der Waals surface area contributed by atoms with Gasteiger partial charge in [-0.15, -0.1) is 11.8 Å². The van der Waals surface area contributed by atoms with Crippen molar-refractivity contribution < 1.29 is 27.5 Å². The van der Waals surface area contributed by atoms with E-state index in [1.807, 2.05) is 55.5 Å². The Bertz CT molecular complexity index is 1900. The van der Waals surface area contributed by atoms with Crippen LogP contribution in [0.4, 0.5) is 18.9 Å². The summed E-state index contributed by atoms with van der Waals surface area (Å²) in [4.78, 5) is 45.1. The number of anilines is 1. The summed E-state index contributed by atoms with van der Waals surface area (Å²) in [6.45, 7) is 2.37. The largest absolute Gasteiger partial charge is 0.489 e. The lowest BCUT2D eigenvalue weighted by Gasteiger charge is -2.43. The standard InChI is InChI=1S/C34H27F3N2O4S2/c1-16-10-12-17(13-11-16)15-43-23-9-5-2-6-18(23)24-25-19-14-20(28(25)44-30-29(24)45-33(42)38-30)27-26(19)31(40)39(32(27)41)22-8-4-3-7-21(22)34(35,36)37/h2-13,19-20,24-28H,14-15H2,1H3,(H,38,42)/t19-,20-,24?,25?,26?,27?,28?/m1/s1. The van der Waals surface area contributed by atoms with Gasteiger partial charge in [0.2, 0.25) is 11.8 Å². The van der Waals surface area contributed by atoms with Gasteiger partial charge in [0.25, 0.3) is 0 Å². The first-order chi connectivity index (χ1) is 21.6. The van der Waals surface area contributed by atoms with Crippen LogP contribution >= 0.6 is 23.1 Å². The monoisotopic (exact) mass is 648 g/mol. The lowest BCUT2D eigenvalue weighted by atomic mass is 9.68. The first-order valence-electron chi connectivity index (χ1n) is 14.8. The molecule has 1 saturated heterocycles. The molecule has 5 unspecified atom stereocenters. The summed E-state index contributed by atoms with van der Waals surface area (Å²) in [6, 6.07) is 20.6. The summed E-state index contributed by atoms with van der Waals surface area (Å²) in [5.74, 6) is -2.70. The minimum Gasteiger partial charge on any atom is -0.489 e. The van der Waals surface area contributed by atoms with Gasteiger partial charge in [0, 0.05) is 21.6 Å². The molecule has 2 aliphatic heterocycles. The van der Waals surface area contributed by atoms with Crippen LogP contribution in [0.5, 0.6) is 5.75 Å². The minimum absolute atomic E-state index is 0.0984. The Balaban J connectivity index is 1.18. The smallest absolute Gasteiger partial charge is 0.418 e. The maximum Gasteiger partial charge on any atom is 0.418 e. The van der Waals surface area contributed by atoms with Crippen LogP contribution in [0.25, 0.3) is 0 Å². The number of benzene rings is 3. The number of aromatic nitrogens is 1. The van der Waals surface area contributed by atoms with Gasteiger partial charge in [-0.3, -0.25) is 14.4 Å². The zero-order chi connectivity index (χ0) is 31.2. The molecule has 230 valence electrons. The van der Waals surface area contributed by atoms with Crippen molar-refractivity contribution in [1.29, 1.82) is 0 Å². The number of halogens is 3. The predicted octanol–water partition coefficient (Wildman–Crippen LogP) is 7.02. The van der Waals surface area contributed by atoms with Crippen molar-refractivity contribution in [3.63, 3.8) is 0 Å². The van der Waals surface area contributed by atoms with E-state index < -0.39 is 41.1 Å². The van der Waals surface area contributed by atoms with E-state index in [1.165, 1.54) is 30.0 Å². The number of ether oxygens (including phenoxy) is 1. The lowest BCUT2D eigenvalue weighted by molar-refractivity contribution is -0.137. The highest BCUT2D eigenvalue weighted by Gasteiger charge is 2.70. The van der Waals surface area contributed by atoms with Crippen LogP contribution in [0.2, 0.25) is 0 Å². The second-order valence-corrected chi connectivity index (χ2v) is 14.5. The van der Waals surface area contributed by atoms with Gasteiger partial charge in [0.05, 0.1) is 28.1 Å². The number of aromatic amines is 1. The first-order valence-corrected chi connectivity index (χ1v) is 16.5. The summed E-state index contributed by atoms with van der Waals surface area (Å²) in [5, 5.41) is 0.656. The highest BCUT2D eigenvalue weighted by molar-refractivity contribution is 8.00. The number of aryl methyl sites for hydroxylation is 1. The number of carbonyl (C=O) groups excluding carboxylic acids is 2. The number of carbonyl (C=O) groups is 2. The van der Waals surface area contributed by atoms with Crippen molar-refractivity contribution >= 4 is 40.6 Å². The number of hydrogen-bond acceptors (Lipinski definition) is 6. The molecule has 2 aliphatic carbocycles. The molecule has 4 aromatic rings. The number of hydrogen-bond donors (Lipinski definition) is 1. The lowest BCUT2D eigenvalue weighted by Crippen LogP contribution is -2.42. The van der Waals surface area contributed by atoms with Gasteiger partial charge in [-0.25, -0.2) is 4.90 Å². The molecule has 3 fully saturated rings. The second-order valence-electron chi connectivity index (χ2n) is 12.3. The molecule has 6 nitrogen and oxygen atoms in total. The number of thioether (sulfide) groups is 1. The Morgan fingerprint density at radius 1 is 0.911 bits per heavy atom. The Labute approximate surface area is 264 Å². The normalized spacial score (nSPS) is 28.3. The van der Waals surface area contributed by atoms with Crippen LogP contribution in [0, 0.1) is 36.5 Å². The van der Waals surface area contributed by atoms with E-state index in [2.05, 4.69) is 4.98 Å². The Kier molecular flexibility index (Phi) is 6.58. The summed E-state index contributed by atoms with van der Waals surface area (Å²) >= 11 is 2.68. The van der Waals surface area contributed by atoms with Gasteiger partial charge < -0.3 is 9.72 Å². The zero-order valence-corrected chi connectivity index (χ0v) is 25.5. The number of H-pyrrole nitrogens is 1. The van der Waals surface area contributed by atoms with Crippen LogP contribution in [-0.2, 0) is 22.4 Å². The number of para-hydroxylation sites is 2. The van der Waals surface area contributed by atoms with E-state index >= 15 is 0 Å². The second kappa shape index (κ2) is 10.3. The fraction of sp³-hybridized carbons (Fsp3) is 0.324. The van der Waals surface area contributed by atoms with Crippen molar-refractivity contribution in [2.75, 3.05) is 4.90 Å². The molecule has 45 heavy (non-hydrogen) atoms. The number of nitrogens with one attached hydrogen (secondary N) is 1. The third-order valence-corrected chi connectivity index (χ3v) is 12.5. The van der Waals surface area contributed by atoms with E-state index in [9.17, 15) is 27.6 Å². The molecule has 11 heteroatoms. The third kappa shape index (κ3) is 4.41. The van der Waals surface area contributed by atoms with Crippen LogP contribution < -0.4 is 14.5 Å². The average Bonchev–Trinajstić information content (AvgIpc) is 3.75. The van der Waals surface area contributed by atoms with Crippen LogP contribution in [0.3, 0.4) is 0 Å². The Morgan fingerprint density at radius 3 is 2.36 bits per heavy atom. The van der Waals surface area contributed by atoms with Gasteiger partial charge in [-0.05, 0) is 54.9 Å². The van der Waals surface area contributed by atoms with Crippen LogP contribution in [0.15, 0.2) is 82.6 Å². The molecule has 4 aliphatic rings. The average molecular weight is 649 g/mol. The highest BCUT2D eigenvalue weighted by atomic mass is 32.2. The first kappa shape index (κ1) is 28.6. The molecule has 2 amide bonds. The molecule has 3 aromatic carbocycles. The van der Waals surface area contributed by atoms with Gasteiger partial charge in [-0.2, -0.15) is 13.2 Å². The number of rotatable bonds is 5. The number of alkyl halides is 3. The van der Waals surface area contributed by atoms with Crippen molar-refractivity contribution in [3.8, 4) is 5.75 Å². The molecule has 7 atom stereocenters. The zero-order valence-electron chi connectivity index (χ0n) is 23.9. The molecule has 0 spiro atoms. The van der Waals surface area contributed by atoms with Gasteiger partial charge in [0.15, 0.2) is 0 Å². The molecular formula is C34H27F3N2O4S2. The number of nitrogens with zero attached hydrogens (tertiary/aromatic N) is 1. The van der Waals surface area contributed by atoms with E-state index in [4.69, 9.17) is 4.74 Å². The fourth-order valence-electron chi connectivity index (χ4n) is 8.23. The molecular weight excluding hydrogens is 622 g/mol. The SMILES string of the molecule is Cc1ccc(COc2ccccc2C2c3sc(=O)[nH]c3SC3C2[C@H]2C[C@@H]3C3C(=O)N(c4ccccc4C(F)(F)F)C(=O)C32)cc1. The molecule has 2 saturated carbocycles. The molecule has 2 bridgehead atoms. The maximum absolute atomic E-state index is 14.0. The third-order valence-electron chi connectivity index (χ3n) is 9.94. The molecule has 8 rings (SSSR count). The number of thiazole rings is 1. The van der Waals surface area contributed by atoms with E-state index in [1.54, 1.807) is 0 Å². The van der Waals surface area contributed by atoms with Crippen LogP contribution in [0.1, 0.15) is 39.5 Å². The van der Waals surface area contributed by atoms with E-state index in [0.717, 1.165) is 48.9 Å². The van der Waals surface area contributed by atoms with Gasteiger partial charge in [0.1, 0.15) is 12.4 Å². The number of amides is 2. The Hall–Kier alpha value is -3.83. The van der Waals surface area contributed by atoms with Gasteiger partial charge >= 0.3 is 11.0 Å². The van der Waals surface area contributed by atoms with Gasteiger partial charge in [-0.1, -0.05) is 71.5 Å². The fourth-order valence-corrected chi connectivity index (χ4v) is 11.1. The number of imide groups is 1. The summed E-state index contributed by atoms with van der Waals surface area (Å²) < 4.78 is 48.3. The van der Waals surface area contributed by atoms with Crippen molar-refractivity contribution in [2.45, 2.75) is 42.3 Å². The predicted molar refractivity (Wildman–Crippen MR) is 164 cm³/mol. The van der Waals surface area contributed by atoms with Crippen molar-refractivity contribution in [2.24, 2.45) is 29.6 Å². The Morgan fingerprint density at radius 2 is 1.60 bits per heavy atom. The molecule has 1 N–H and O–H groups in total. The van der Waals surface area contributed by atoms with E-state index in [-0.39, 0.29) is 33.8 Å². The van der Waals surface area contributed by atoms with Crippen molar-refractivity contribution in [3.05, 3.63) is 110 Å². The highest BCUT2D eigenvalue weighted by Crippen LogP contribution is 2.69. The van der Waals surface area contributed by atoms with Crippen LogP contribution in [-0.4, -0.2) is 22.0 Å². The maximum atomic E-state index is 14.0. The number of fused-ring (bicyclic) bond motifs is 9. The summed E-state index contributed by atoms with van der Waals surface area (Å²) in [5.41, 5.74) is 1.66. The minimum atomic E-state index is -4.72. The van der Waals surface area contributed by atoms with Crippen molar-refractivity contribution in [1.82, 2.24) is 4.98 Å². The molecule has 1 aromatic heterocycles. The molecule has 3 heterocycles. The molecule has 0 radical (unpaired) electrons. The summed E-state index contributed by atoms with van der Waals surface area (Å²) in [7, 11) is 0. The van der Waals surface area contributed by atoms with E-state index in [0.29, 0.717) is 18.8 Å². The quantitative estimate of drug-likeness (QED) is 0.236. The topological polar surface area (TPSA) is 79.5 Å². The summed E-state index contributed by atoms with van der Waals surface area (Å²) in [6.07, 6.45) is -4.09.